The van der Waals surface area contributed by atoms with Gasteiger partial charge in [0.1, 0.15) is 12.1 Å². The molecule has 2 rings (SSSR count). The number of halogens is 4. The fourth-order valence-corrected chi connectivity index (χ4v) is 3.27. The third kappa shape index (κ3) is 6.04. The van der Waals surface area contributed by atoms with Crippen LogP contribution in [0.15, 0.2) is 12.1 Å². The lowest BCUT2D eigenvalue weighted by atomic mass is 9.99. The van der Waals surface area contributed by atoms with Crippen LogP contribution >= 0.6 is 11.6 Å². The molecule has 0 spiro atoms. The number of aryl methyl sites for hydroxylation is 1. The van der Waals surface area contributed by atoms with E-state index in [2.05, 4.69) is 5.32 Å². The topological polar surface area (TPSA) is 166 Å². The lowest BCUT2D eigenvalue weighted by Crippen LogP contribution is -2.65. The highest BCUT2D eigenvalue weighted by Crippen LogP contribution is 2.28. The summed E-state index contributed by atoms with van der Waals surface area (Å²) in [5, 5.41) is 21.3. The fraction of sp³-hybridized carbons (Fsp3) is 0.421. The Hall–Kier alpha value is -3.53. The maximum Gasteiger partial charge on any atom is 0.417 e. The highest BCUT2D eigenvalue weighted by atomic mass is 35.5. The molecule has 0 aromatic heterocycles. The van der Waals surface area contributed by atoms with Crippen LogP contribution in [0.2, 0.25) is 5.02 Å². The molecule has 0 bridgehead atoms. The molecule has 1 heterocycles. The summed E-state index contributed by atoms with van der Waals surface area (Å²) < 4.78 is 40.9. The minimum atomic E-state index is -5.19. The van der Waals surface area contributed by atoms with Crippen LogP contribution in [0.5, 0.6) is 0 Å². The molecule has 1 aromatic rings. The first kappa shape index (κ1) is 25.7. The minimum Gasteiger partial charge on any atom is -0.481 e. The Kier molecular flexibility index (Phi) is 7.76. The lowest BCUT2D eigenvalue weighted by Gasteiger charge is -2.42. The van der Waals surface area contributed by atoms with Crippen LogP contribution in [0.4, 0.5) is 18.9 Å². The molecule has 1 fully saturated rings. The fourth-order valence-electron chi connectivity index (χ4n) is 3.10. The number of carbonyl (C=O) groups is 4. The molecule has 178 valence electrons. The number of aliphatic carboxylic acids is 1. The highest BCUT2D eigenvalue weighted by Gasteiger charge is 2.51. The number of carboxylic acids is 1. The number of nitrogens with zero attached hydrogens (tertiary/aromatic N) is 2. The van der Waals surface area contributed by atoms with Crippen molar-refractivity contribution >= 4 is 41.0 Å². The van der Waals surface area contributed by atoms with E-state index < -0.39 is 54.4 Å². The number of carbonyl (C=O) groups excluding carboxylic acids is 3. The third-order valence-electron chi connectivity index (χ3n) is 4.89. The zero-order valence-electron chi connectivity index (χ0n) is 17.1. The summed E-state index contributed by atoms with van der Waals surface area (Å²) >= 11 is 5.83. The van der Waals surface area contributed by atoms with E-state index >= 15 is 0 Å². The summed E-state index contributed by atoms with van der Waals surface area (Å²) in [4.78, 5) is 48.7. The number of benzene rings is 1. The molecule has 0 radical (unpaired) electrons. The highest BCUT2D eigenvalue weighted by molar-refractivity contribution is 6.33. The second-order valence-corrected chi connectivity index (χ2v) is 7.67. The van der Waals surface area contributed by atoms with E-state index in [0.29, 0.717) is 4.90 Å². The van der Waals surface area contributed by atoms with Gasteiger partial charge in [0, 0.05) is 12.1 Å². The number of hydrogen-bond donors (Lipinski definition) is 4. The van der Waals surface area contributed by atoms with Gasteiger partial charge >= 0.3 is 12.1 Å². The maximum absolute atomic E-state index is 13.6. The zero-order chi connectivity index (χ0) is 25.1. The van der Waals surface area contributed by atoms with Crippen molar-refractivity contribution in [2.75, 3.05) is 12.3 Å². The van der Waals surface area contributed by atoms with E-state index in [9.17, 15) is 32.3 Å². The molecule has 3 atom stereocenters. The molecule has 1 saturated heterocycles. The number of nitrogen functional groups attached to an aromatic ring is 1. The number of hydrogen-bond acceptors (Lipinski definition) is 6. The largest absolute Gasteiger partial charge is 0.481 e. The number of carboxylic acid groups (broad SMARTS) is 1. The van der Waals surface area contributed by atoms with Gasteiger partial charge in [-0.25, -0.2) is 0 Å². The van der Waals surface area contributed by atoms with Crippen molar-refractivity contribution in [1.82, 2.24) is 15.5 Å². The van der Waals surface area contributed by atoms with Crippen molar-refractivity contribution in [2.45, 2.75) is 44.1 Å². The summed E-state index contributed by atoms with van der Waals surface area (Å²) in [6, 6.07) is -1.83. The number of anilines is 1. The first-order chi connectivity index (χ1) is 15.3. The van der Waals surface area contributed by atoms with E-state index in [4.69, 9.17) is 27.7 Å². The van der Waals surface area contributed by atoms with Gasteiger partial charge in [-0.2, -0.15) is 18.4 Å². The van der Waals surface area contributed by atoms with Crippen LogP contribution in [0, 0.1) is 18.3 Å². The molecule has 0 saturated carbocycles. The average Bonchev–Trinajstić information content (AvgIpc) is 2.65. The molecule has 0 aliphatic carbocycles. The van der Waals surface area contributed by atoms with Gasteiger partial charge in [-0.15, -0.1) is 0 Å². The second kappa shape index (κ2) is 9.95. The van der Waals surface area contributed by atoms with Crippen molar-refractivity contribution in [3.8, 4) is 6.07 Å². The van der Waals surface area contributed by atoms with Gasteiger partial charge in [-0.1, -0.05) is 11.6 Å². The van der Waals surface area contributed by atoms with Gasteiger partial charge < -0.3 is 26.4 Å². The predicted octanol–water partition coefficient (Wildman–Crippen LogP) is 0.975. The molecule has 1 aliphatic rings. The summed E-state index contributed by atoms with van der Waals surface area (Å²) in [6.45, 7) is 1.22. The number of amides is 3. The molecule has 3 unspecified atom stereocenters. The Balaban J connectivity index is 2.19. The lowest BCUT2D eigenvalue weighted by molar-refractivity contribution is -0.180. The number of likely N-dealkylation sites (tertiary alicyclic amines) is 1. The number of alkyl halides is 3. The molecule has 1 aliphatic heterocycles. The van der Waals surface area contributed by atoms with Crippen LogP contribution in [0.25, 0.3) is 0 Å². The summed E-state index contributed by atoms with van der Waals surface area (Å²) in [5.41, 5.74) is 5.71. The van der Waals surface area contributed by atoms with E-state index in [1.54, 1.807) is 11.4 Å². The van der Waals surface area contributed by atoms with Crippen LogP contribution in [0.1, 0.15) is 28.8 Å². The third-order valence-corrected chi connectivity index (χ3v) is 5.22. The Labute approximate surface area is 190 Å². The summed E-state index contributed by atoms with van der Waals surface area (Å²) in [6.07, 6.45) is -5.92. The van der Waals surface area contributed by atoms with Gasteiger partial charge in [-0.3, -0.25) is 19.2 Å². The van der Waals surface area contributed by atoms with Crippen LogP contribution in [-0.2, 0) is 14.4 Å². The van der Waals surface area contributed by atoms with Crippen LogP contribution in [0.3, 0.4) is 0 Å². The van der Waals surface area contributed by atoms with Gasteiger partial charge in [0.2, 0.25) is 11.9 Å². The second-order valence-electron chi connectivity index (χ2n) is 7.26. The van der Waals surface area contributed by atoms with Crippen molar-refractivity contribution in [3.63, 3.8) is 0 Å². The first-order valence-electron chi connectivity index (χ1n) is 9.41. The van der Waals surface area contributed by atoms with E-state index in [1.165, 1.54) is 13.0 Å². The van der Waals surface area contributed by atoms with Gasteiger partial charge in [-0.05, 0) is 31.0 Å². The summed E-state index contributed by atoms with van der Waals surface area (Å²) in [5.74, 6) is -5.15. The van der Waals surface area contributed by atoms with Crippen molar-refractivity contribution in [2.24, 2.45) is 0 Å². The number of nitriles is 1. The van der Waals surface area contributed by atoms with Crippen LogP contribution < -0.4 is 16.4 Å². The standard InChI is InChI=1S/C19H19ClF3N5O5/c1-8-4-12(25)11(20)6-10(8)16(31)27-15(19(21,22)23)18(33)28-3-2-13(28)17(32)26-9(7-24)5-14(29)30/h4,6,9,13,15H,2-3,5,25H2,1H3,(H,26,32)(H,27,31)(H,29,30). The molecule has 14 heteroatoms. The Morgan fingerprint density at radius 2 is 1.97 bits per heavy atom. The van der Waals surface area contributed by atoms with E-state index in [0.717, 1.165) is 6.07 Å². The first-order valence-corrected chi connectivity index (χ1v) is 9.79. The molecule has 33 heavy (non-hydrogen) atoms. The average molecular weight is 490 g/mol. The Bertz CT molecular complexity index is 1030. The Morgan fingerprint density at radius 3 is 2.45 bits per heavy atom. The van der Waals surface area contributed by atoms with Gasteiger partial charge in [0.25, 0.3) is 11.8 Å². The predicted molar refractivity (Wildman–Crippen MR) is 108 cm³/mol. The SMILES string of the molecule is Cc1cc(N)c(Cl)cc1C(=O)NC(C(=O)N1CCC1C(=O)NC(C#N)CC(=O)O)C(F)(F)F. The number of nitrogens with two attached hydrogens (primary N) is 1. The van der Waals surface area contributed by atoms with Gasteiger partial charge in [0.15, 0.2) is 0 Å². The Morgan fingerprint density at radius 1 is 1.33 bits per heavy atom. The van der Waals surface area contributed by atoms with E-state index in [1.807, 2.05) is 0 Å². The molecule has 1 aromatic carbocycles. The van der Waals surface area contributed by atoms with E-state index in [-0.39, 0.29) is 34.8 Å². The monoisotopic (exact) mass is 489 g/mol. The molecule has 5 N–H and O–H groups in total. The maximum atomic E-state index is 13.6. The van der Waals surface area contributed by atoms with Crippen molar-refractivity contribution in [1.29, 1.82) is 5.26 Å². The van der Waals surface area contributed by atoms with Crippen LogP contribution in [-0.4, -0.2) is 64.5 Å². The zero-order valence-corrected chi connectivity index (χ0v) is 17.8. The minimum absolute atomic E-state index is 0.00596. The quantitative estimate of drug-likeness (QED) is 0.414. The molecular weight excluding hydrogens is 471 g/mol. The smallest absolute Gasteiger partial charge is 0.417 e. The molecular formula is C19H19ClF3N5O5. The number of rotatable bonds is 7. The molecule has 3 amide bonds. The van der Waals surface area contributed by atoms with Crippen molar-refractivity contribution in [3.05, 3.63) is 28.3 Å². The molecule has 10 nitrogen and oxygen atoms in total. The van der Waals surface area contributed by atoms with Crippen molar-refractivity contribution < 1.29 is 37.5 Å². The summed E-state index contributed by atoms with van der Waals surface area (Å²) in [7, 11) is 0. The normalized spacial score (nSPS) is 17.2. The number of nitrogens with one attached hydrogen (secondary N) is 2. The van der Waals surface area contributed by atoms with Gasteiger partial charge in [0.05, 0.1) is 23.2 Å².